The summed E-state index contributed by atoms with van der Waals surface area (Å²) in [5, 5.41) is 2.95. The van der Waals surface area contributed by atoms with Crippen LogP contribution in [-0.4, -0.2) is 39.0 Å². The molecule has 1 amide bonds. The number of carbonyl (C=O) groups excluding carboxylic acids is 2. The highest BCUT2D eigenvalue weighted by Crippen LogP contribution is 2.29. The minimum atomic E-state index is -3.82. The summed E-state index contributed by atoms with van der Waals surface area (Å²) >= 11 is 0. The quantitative estimate of drug-likeness (QED) is 0.671. The molecule has 1 aromatic carbocycles. The zero-order valence-corrected chi connectivity index (χ0v) is 17.7. The monoisotopic (exact) mass is 410 g/mol. The van der Waals surface area contributed by atoms with Crippen LogP contribution in [0.15, 0.2) is 29.2 Å². The first kappa shape index (κ1) is 22.4. The van der Waals surface area contributed by atoms with Crippen molar-refractivity contribution < 1.29 is 22.7 Å². The van der Waals surface area contributed by atoms with Crippen molar-refractivity contribution in [3.05, 3.63) is 29.8 Å². The van der Waals surface area contributed by atoms with Gasteiger partial charge in [-0.15, -0.1) is 0 Å². The average molecular weight is 411 g/mol. The number of rotatable bonds is 7. The first-order valence-corrected chi connectivity index (χ1v) is 11.1. The van der Waals surface area contributed by atoms with Crippen molar-refractivity contribution in [1.29, 1.82) is 0 Å². The molecule has 4 atom stereocenters. The van der Waals surface area contributed by atoms with Crippen molar-refractivity contribution in [3.8, 4) is 0 Å². The number of hydrogen-bond donors (Lipinski definition) is 2. The van der Waals surface area contributed by atoms with Gasteiger partial charge in [0.25, 0.3) is 5.91 Å². The first-order chi connectivity index (χ1) is 13.1. The number of sulfonamides is 1. The third-order valence-corrected chi connectivity index (χ3v) is 6.87. The molecule has 7 nitrogen and oxygen atoms in total. The fourth-order valence-electron chi connectivity index (χ4n) is 3.33. The molecule has 1 aliphatic carbocycles. The summed E-state index contributed by atoms with van der Waals surface area (Å²) < 4.78 is 31.7. The molecule has 1 fully saturated rings. The first-order valence-electron chi connectivity index (χ1n) is 9.66. The SMILES string of the molecule is Cc1ccc(S(=O)(=O)NCC(=O)O[C@H](C)C(=O)N[C@H]2CCC[C@H](C)[C@@H]2C)cc1. The van der Waals surface area contributed by atoms with Gasteiger partial charge >= 0.3 is 5.97 Å². The van der Waals surface area contributed by atoms with Gasteiger partial charge in [-0.05, 0) is 44.2 Å². The molecule has 1 aromatic rings. The summed E-state index contributed by atoms with van der Waals surface area (Å²) in [6, 6.07) is 6.34. The highest BCUT2D eigenvalue weighted by Gasteiger charge is 2.30. The average Bonchev–Trinajstić information content (AvgIpc) is 2.64. The van der Waals surface area contributed by atoms with Crippen LogP contribution in [0.5, 0.6) is 0 Å². The lowest BCUT2D eigenvalue weighted by Crippen LogP contribution is -2.48. The smallest absolute Gasteiger partial charge is 0.321 e. The van der Waals surface area contributed by atoms with Gasteiger partial charge < -0.3 is 10.1 Å². The van der Waals surface area contributed by atoms with Crippen molar-refractivity contribution in [1.82, 2.24) is 10.0 Å². The molecule has 0 heterocycles. The molecule has 0 aliphatic heterocycles. The minimum absolute atomic E-state index is 0.0668. The predicted octanol–water partition coefficient (Wildman–Crippen LogP) is 2.15. The van der Waals surface area contributed by atoms with Gasteiger partial charge in [-0.2, -0.15) is 4.72 Å². The van der Waals surface area contributed by atoms with Crippen LogP contribution in [0.3, 0.4) is 0 Å². The van der Waals surface area contributed by atoms with Crippen molar-refractivity contribution in [2.45, 2.75) is 64.0 Å². The summed E-state index contributed by atoms with van der Waals surface area (Å²) in [6.07, 6.45) is 2.14. The van der Waals surface area contributed by atoms with E-state index >= 15 is 0 Å². The zero-order valence-electron chi connectivity index (χ0n) is 16.9. The molecule has 0 bridgehead atoms. The third-order valence-electron chi connectivity index (χ3n) is 5.45. The molecule has 0 radical (unpaired) electrons. The highest BCUT2D eigenvalue weighted by atomic mass is 32.2. The second-order valence-electron chi connectivity index (χ2n) is 7.65. The van der Waals surface area contributed by atoms with E-state index < -0.39 is 28.6 Å². The van der Waals surface area contributed by atoms with Crippen molar-refractivity contribution in [2.75, 3.05) is 6.54 Å². The maximum Gasteiger partial charge on any atom is 0.321 e. The predicted molar refractivity (Wildman–Crippen MR) is 106 cm³/mol. The van der Waals surface area contributed by atoms with Crippen LogP contribution in [0.4, 0.5) is 0 Å². The van der Waals surface area contributed by atoms with E-state index in [1.54, 1.807) is 12.1 Å². The normalized spacial score (nSPS) is 23.6. The molecule has 1 saturated carbocycles. The lowest BCUT2D eigenvalue weighted by atomic mass is 9.78. The molecule has 0 aromatic heterocycles. The van der Waals surface area contributed by atoms with E-state index in [0.29, 0.717) is 11.8 Å². The van der Waals surface area contributed by atoms with E-state index in [0.717, 1.165) is 24.8 Å². The van der Waals surface area contributed by atoms with E-state index in [2.05, 4.69) is 23.9 Å². The highest BCUT2D eigenvalue weighted by molar-refractivity contribution is 7.89. The largest absolute Gasteiger partial charge is 0.452 e. The van der Waals surface area contributed by atoms with Gasteiger partial charge in [-0.25, -0.2) is 8.42 Å². The fourth-order valence-corrected chi connectivity index (χ4v) is 4.30. The van der Waals surface area contributed by atoms with E-state index in [-0.39, 0.29) is 16.8 Å². The molecule has 1 aliphatic rings. The maximum atomic E-state index is 12.3. The lowest BCUT2D eigenvalue weighted by Gasteiger charge is -2.35. The van der Waals surface area contributed by atoms with Gasteiger partial charge in [0, 0.05) is 6.04 Å². The van der Waals surface area contributed by atoms with Gasteiger partial charge in [0.2, 0.25) is 10.0 Å². The Morgan fingerprint density at radius 3 is 2.46 bits per heavy atom. The number of hydrogen-bond acceptors (Lipinski definition) is 5. The van der Waals surface area contributed by atoms with Crippen LogP contribution in [0.25, 0.3) is 0 Å². The van der Waals surface area contributed by atoms with Crippen LogP contribution >= 0.6 is 0 Å². The van der Waals surface area contributed by atoms with E-state index in [1.807, 2.05) is 6.92 Å². The molecule has 156 valence electrons. The van der Waals surface area contributed by atoms with E-state index in [9.17, 15) is 18.0 Å². The molecule has 2 rings (SSSR count). The summed E-state index contributed by atoms with van der Waals surface area (Å²) in [5.41, 5.74) is 0.930. The Hall–Kier alpha value is -1.93. The van der Waals surface area contributed by atoms with Gasteiger partial charge in [-0.1, -0.05) is 44.4 Å². The number of ether oxygens (including phenoxy) is 1. The second-order valence-corrected chi connectivity index (χ2v) is 9.42. The van der Waals surface area contributed by atoms with Gasteiger partial charge in [-0.3, -0.25) is 9.59 Å². The van der Waals surface area contributed by atoms with Crippen molar-refractivity contribution >= 4 is 21.9 Å². The number of amides is 1. The summed E-state index contributed by atoms with van der Waals surface area (Å²) in [5.74, 6) is -0.265. The molecule has 8 heteroatoms. The second kappa shape index (κ2) is 9.52. The number of benzene rings is 1. The molecule has 2 N–H and O–H groups in total. The van der Waals surface area contributed by atoms with Crippen LogP contribution in [0, 0.1) is 18.8 Å². The molecule has 0 saturated heterocycles. The molecular weight excluding hydrogens is 380 g/mol. The summed E-state index contributed by atoms with van der Waals surface area (Å²) in [6.45, 7) is 7.09. The summed E-state index contributed by atoms with van der Waals surface area (Å²) in [7, 11) is -3.82. The number of aryl methyl sites for hydroxylation is 1. The van der Waals surface area contributed by atoms with Gasteiger partial charge in [0.15, 0.2) is 6.10 Å². The minimum Gasteiger partial charge on any atom is -0.452 e. The lowest BCUT2D eigenvalue weighted by molar-refractivity contribution is -0.154. The molecule has 0 spiro atoms. The number of nitrogens with one attached hydrogen (secondary N) is 2. The Morgan fingerprint density at radius 1 is 1.18 bits per heavy atom. The van der Waals surface area contributed by atoms with Crippen molar-refractivity contribution in [2.24, 2.45) is 11.8 Å². The maximum absolute atomic E-state index is 12.3. The van der Waals surface area contributed by atoms with Crippen LogP contribution in [0.2, 0.25) is 0 Å². The zero-order chi connectivity index (χ0) is 20.9. The van der Waals surface area contributed by atoms with Crippen molar-refractivity contribution in [3.63, 3.8) is 0 Å². The number of esters is 1. The Balaban J connectivity index is 1.83. The van der Waals surface area contributed by atoms with Gasteiger partial charge in [0.05, 0.1) is 4.90 Å². The molecule has 28 heavy (non-hydrogen) atoms. The fraction of sp³-hybridized carbons (Fsp3) is 0.600. The Labute approximate surface area is 167 Å². The standard InChI is InChI=1S/C20H30N2O5S/c1-13-8-10-17(11-9-13)28(25,26)21-12-19(23)27-16(4)20(24)22-18-7-5-6-14(2)15(18)3/h8-11,14-16,18,21H,5-7,12H2,1-4H3,(H,22,24)/t14-,15-,16+,18-/m0/s1. The third kappa shape index (κ3) is 6.04. The Kier molecular flexibility index (Phi) is 7.60. The van der Waals surface area contributed by atoms with Crippen LogP contribution in [-0.2, 0) is 24.3 Å². The summed E-state index contributed by atoms with van der Waals surface area (Å²) in [4.78, 5) is 24.4. The van der Waals surface area contributed by atoms with E-state index in [1.165, 1.54) is 19.1 Å². The topological polar surface area (TPSA) is 102 Å². The Morgan fingerprint density at radius 2 is 1.82 bits per heavy atom. The Bertz CT molecular complexity index is 791. The van der Waals surface area contributed by atoms with Crippen LogP contribution in [0.1, 0.15) is 45.6 Å². The molecular formula is C20H30N2O5S. The van der Waals surface area contributed by atoms with Crippen LogP contribution < -0.4 is 10.0 Å². The van der Waals surface area contributed by atoms with E-state index in [4.69, 9.17) is 4.74 Å². The van der Waals surface area contributed by atoms with Gasteiger partial charge in [0.1, 0.15) is 6.54 Å². The number of carbonyl (C=O) groups is 2. The molecule has 0 unspecified atom stereocenters.